The van der Waals surface area contributed by atoms with Crippen molar-refractivity contribution in [3.63, 3.8) is 0 Å². The minimum absolute atomic E-state index is 0.118. The maximum atomic E-state index is 13.5. The molecule has 0 aromatic carbocycles. The van der Waals surface area contributed by atoms with E-state index in [1.807, 2.05) is 46.8 Å². The Hall–Kier alpha value is -1.89. The highest BCUT2D eigenvalue weighted by Crippen LogP contribution is 2.55. The summed E-state index contributed by atoms with van der Waals surface area (Å²) in [6.07, 6.45) is 7.48. The van der Waals surface area contributed by atoms with Crippen molar-refractivity contribution in [3.05, 3.63) is 12.2 Å². The van der Waals surface area contributed by atoms with Crippen molar-refractivity contribution in [1.29, 1.82) is 0 Å². The molecule has 7 heteroatoms. The normalized spacial score (nSPS) is 36.2. The van der Waals surface area contributed by atoms with Gasteiger partial charge in [0.25, 0.3) is 0 Å². The van der Waals surface area contributed by atoms with Gasteiger partial charge in [-0.1, -0.05) is 25.0 Å². The Labute approximate surface area is 172 Å². The molecule has 4 aliphatic rings. The minimum Gasteiger partial charge on any atom is -0.359 e. The molecule has 0 aromatic heterocycles. The van der Waals surface area contributed by atoms with E-state index in [2.05, 4.69) is 10.6 Å². The van der Waals surface area contributed by atoms with Crippen LogP contribution < -0.4 is 10.6 Å². The molecule has 1 saturated carbocycles. The predicted molar refractivity (Wildman–Crippen MR) is 108 cm³/mol. The molecule has 1 aliphatic carbocycles. The van der Waals surface area contributed by atoms with Gasteiger partial charge in [0.15, 0.2) is 0 Å². The molecular formula is C22H33N3O4. The Balaban J connectivity index is 1.66. The number of rotatable bonds is 4. The third kappa shape index (κ3) is 3.18. The Morgan fingerprint density at radius 3 is 2.45 bits per heavy atom. The van der Waals surface area contributed by atoms with E-state index >= 15 is 0 Å². The standard InChI is InChI=1S/C22H33N3O4/c1-12(2)25-17(19(27)24-21(3,4)5)22-11-10-14(29-22)15(16(22)20(25)28)18(26)23-13-8-6-7-9-13/h10-17H,6-9H2,1-5H3,(H,23,26)(H,24,27)/t14-,15+,16-,17+,22-/m1/s1. The summed E-state index contributed by atoms with van der Waals surface area (Å²) in [6, 6.07) is -0.767. The summed E-state index contributed by atoms with van der Waals surface area (Å²) in [5.41, 5.74) is -1.50. The first-order valence-corrected chi connectivity index (χ1v) is 10.9. The Morgan fingerprint density at radius 1 is 1.21 bits per heavy atom. The van der Waals surface area contributed by atoms with Crippen molar-refractivity contribution in [3.8, 4) is 0 Å². The molecule has 3 aliphatic heterocycles. The van der Waals surface area contributed by atoms with E-state index in [-0.39, 0.29) is 29.8 Å². The number of ether oxygens (including phenoxy) is 1. The van der Waals surface area contributed by atoms with E-state index in [0.717, 1.165) is 25.7 Å². The van der Waals surface area contributed by atoms with Gasteiger partial charge in [-0.3, -0.25) is 14.4 Å². The quantitative estimate of drug-likeness (QED) is 0.697. The first kappa shape index (κ1) is 20.4. The fraction of sp³-hybridized carbons (Fsp3) is 0.773. The summed E-state index contributed by atoms with van der Waals surface area (Å²) < 4.78 is 6.29. The third-order valence-corrected chi connectivity index (χ3v) is 6.62. The van der Waals surface area contributed by atoms with E-state index in [0.29, 0.717) is 0 Å². The van der Waals surface area contributed by atoms with Crippen molar-refractivity contribution in [2.24, 2.45) is 11.8 Å². The summed E-state index contributed by atoms with van der Waals surface area (Å²) in [5.74, 6) is -1.75. The molecule has 5 atom stereocenters. The summed E-state index contributed by atoms with van der Waals surface area (Å²) in [5, 5.41) is 6.15. The molecule has 0 unspecified atom stereocenters. The molecule has 160 valence electrons. The van der Waals surface area contributed by atoms with Gasteiger partial charge >= 0.3 is 0 Å². The number of carbonyl (C=O) groups excluding carboxylic acids is 3. The second-order valence-electron chi connectivity index (χ2n) is 10.3. The van der Waals surface area contributed by atoms with E-state index in [1.165, 1.54) is 0 Å². The van der Waals surface area contributed by atoms with Gasteiger partial charge in [-0.15, -0.1) is 0 Å². The Bertz CT molecular complexity index is 750. The number of fused-ring (bicyclic) bond motifs is 1. The highest BCUT2D eigenvalue weighted by atomic mass is 16.5. The molecule has 1 spiro atoms. The number of likely N-dealkylation sites (tertiary alicyclic amines) is 1. The van der Waals surface area contributed by atoms with Crippen LogP contribution in [0.5, 0.6) is 0 Å². The van der Waals surface area contributed by atoms with Gasteiger partial charge in [0, 0.05) is 17.6 Å². The van der Waals surface area contributed by atoms with Crippen LogP contribution in [0.4, 0.5) is 0 Å². The molecule has 2 saturated heterocycles. The minimum atomic E-state index is -1.07. The van der Waals surface area contributed by atoms with Crippen LogP contribution in [0.3, 0.4) is 0 Å². The zero-order valence-corrected chi connectivity index (χ0v) is 18.0. The smallest absolute Gasteiger partial charge is 0.246 e. The number of hydrogen-bond donors (Lipinski definition) is 2. The largest absolute Gasteiger partial charge is 0.359 e. The van der Waals surface area contributed by atoms with E-state index in [1.54, 1.807) is 4.90 Å². The maximum Gasteiger partial charge on any atom is 0.246 e. The van der Waals surface area contributed by atoms with Gasteiger partial charge < -0.3 is 20.3 Å². The average Bonchev–Trinajstić information content (AvgIpc) is 3.34. The van der Waals surface area contributed by atoms with E-state index < -0.39 is 35.1 Å². The first-order valence-electron chi connectivity index (χ1n) is 10.9. The second kappa shape index (κ2) is 6.83. The highest BCUT2D eigenvalue weighted by molar-refractivity contribution is 6.00. The van der Waals surface area contributed by atoms with Gasteiger partial charge in [-0.05, 0) is 47.5 Å². The van der Waals surface area contributed by atoms with Gasteiger partial charge in [0.2, 0.25) is 17.7 Å². The number of nitrogens with one attached hydrogen (secondary N) is 2. The van der Waals surface area contributed by atoms with E-state index in [9.17, 15) is 14.4 Å². The molecule has 29 heavy (non-hydrogen) atoms. The molecule has 3 amide bonds. The van der Waals surface area contributed by atoms with Crippen LogP contribution in [0, 0.1) is 11.8 Å². The Morgan fingerprint density at radius 2 is 1.86 bits per heavy atom. The van der Waals surface area contributed by atoms with Crippen molar-refractivity contribution in [2.75, 3.05) is 0 Å². The number of carbonyl (C=O) groups is 3. The summed E-state index contributed by atoms with van der Waals surface area (Å²) in [7, 11) is 0. The zero-order chi connectivity index (χ0) is 21.1. The van der Waals surface area contributed by atoms with Crippen LogP contribution in [0.15, 0.2) is 12.2 Å². The number of hydrogen-bond acceptors (Lipinski definition) is 4. The fourth-order valence-electron chi connectivity index (χ4n) is 5.57. The molecule has 2 N–H and O–H groups in total. The van der Waals surface area contributed by atoms with Crippen LogP contribution in [0.2, 0.25) is 0 Å². The van der Waals surface area contributed by atoms with Crippen molar-refractivity contribution >= 4 is 17.7 Å². The van der Waals surface area contributed by atoms with Crippen molar-refractivity contribution < 1.29 is 19.1 Å². The van der Waals surface area contributed by atoms with Crippen molar-refractivity contribution in [2.45, 2.75) is 95.7 Å². The highest BCUT2D eigenvalue weighted by Gasteiger charge is 2.73. The first-order chi connectivity index (χ1) is 13.5. The second-order valence-corrected chi connectivity index (χ2v) is 10.3. The molecule has 0 radical (unpaired) electrons. The lowest BCUT2D eigenvalue weighted by molar-refractivity contribution is -0.144. The molecule has 4 rings (SSSR count). The molecule has 3 fully saturated rings. The van der Waals surface area contributed by atoms with Crippen LogP contribution in [-0.4, -0.2) is 58.0 Å². The van der Waals surface area contributed by atoms with Crippen LogP contribution in [0.1, 0.15) is 60.3 Å². The topological polar surface area (TPSA) is 87.7 Å². The van der Waals surface area contributed by atoms with Gasteiger partial charge in [-0.2, -0.15) is 0 Å². The lowest BCUT2D eigenvalue weighted by atomic mass is 9.74. The monoisotopic (exact) mass is 403 g/mol. The molecule has 2 bridgehead atoms. The van der Waals surface area contributed by atoms with Crippen LogP contribution in [0.25, 0.3) is 0 Å². The number of amides is 3. The Kier molecular flexibility index (Phi) is 4.80. The third-order valence-electron chi connectivity index (χ3n) is 6.62. The van der Waals surface area contributed by atoms with Crippen molar-refractivity contribution in [1.82, 2.24) is 15.5 Å². The zero-order valence-electron chi connectivity index (χ0n) is 18.0. The molecule has 7 nitrogen and oxygen atoms in total. The fourth-order valence-corrected chi connectivity index (χ4v) is 5.57. The summed E-state index contributed by atoms with van der Waals surface area (Å²) in [6.45, 7) is 9.54. The SMILES string of the molecule is CC(C)N1C(=O)[C@H]2[C@@H](C(=O)NC3CCCC3)[C@H]3C=C[C@]2(O3)[C@@H]1C(=O)NC(C)(C)C. The molecule has 0 aromatic rings. The molecule has 3 heterocycles. The van der Waals surface area contributed by atoms with Crippen LogP contribution in [-0.2, 0) is 19.1 Å². The summed E-state index contributed by atoms with van der Waals surface area (Å²) >= 11 is 0. The van der Waals surface area contributed by atoms with Gasteiger partial charge in [-0.25, -0.2) is 0 Å². The van der Waals surface area contributed by atoms with Crippen LogP contribution >= 0.6 is 0 Å². The van der Waals surface area contributed by atoms with E-state index in [4.69, 9.17) is 4.74 Å². The number of nitrogens with zero attached hydrogens (tertiary/aromatic N) is 1. The lowest BCUT2D eigenvalue weighted by Crippen LogP contribution is -2.59. The maximum absolute atomic E-state index is 13.5. The lowest BCUT2D eigenvalue weighted by Gasteiger charge is -2.36. The average molecular weight is 404 g/mol. The van der Waals surface area contributed by atoms with Gasteiger partial charge in [0.1, 0.15) is 11.6 Å². The predicted octanol–water partition coefficient (Wildman–Crippen LogP) is 1.52. The molecular weight excluding hydrogens is 370 g/mol. The van der Waals surface area contributed by atoms with Gasteiger partial charge in [0.05, 0.1) is 17.9 Å². The summed E-state index contributed by atoms with van der Waals surface area (Å²) in [4.78, 5) is 41.6.